The first kappa shape index (κ1) is 21.6. The molecule has 160 valence electrons. The van der Waals surface area contributed by atoms with E-state index in [1.807, 2.05) is 30.3 Å². The van der Waals surface area contributed by atoms with Crippen molar-refractivity contribution in [1.82, 2.24) is 10.2 Å². The van der Waals surface area contributed by atoms with Gasteiger partial charge in [0, 0.05) is 16.0 Å². The van der Waals surface area contributed by atoms with Crippen molar-refractivity contribution in [2.75, 3.05) is 0 Å². The Morgan fingerprint density at radius 3 is 2.44 bits per heavy atom. The Balaban J connectivity index is 1.57. The van der Waals surface area contributed by atoms with Crippen molar-refractivity contribution in [1.29, 1.82) is 0 Å². The first-order valence-electron chi connectivity index (χ1n) is 9.51. The maximum Gasteiger partial charge on any atom is 0.329 e. The number of carbonyl (C=O) groups is 2. The molecule has 1 fully saturated rings. The molecule has 1 heterocycles. The van der Waals surface area contributed by atoms with Crippen molar-refractivity contribution in [2.45, 2.75) is 16.3 Å². The lowest BCUT2D eigenvalue weighted by atomic mass is 10.1. The Labute approximate surface area is 192 Å². The topological polar surface area (TPSA) is 92.5 Å². The number of hydrogen-bond donors (Lipinski definition) is 1. The number of nitrogens with one attached hydrogen (secondary N) is 1. The van der Waals surface area contributed by atoms with Crippen LogP contribution in [0.5, 0.6) is 0 Å². The van der Waals surface area contributed by atoms with Gasteiger partial charge in [-0.2, -0.15) is 0 Å². The van der Waals surface area contributed by atoms with Crippen LogP contribution in [0.2, 0.25) is 5.02 Å². The molecule has 0 aliphatic carbocycles. The van der Waals surface area contributed by atoms with Gasteiger partial charge in [0.15, 0.2) is 0 Å². The molecule has 0 aromatic heterocycles. The molecule has 0 bridgehead atoms. The average molecular weight is 466 g/mol. The Kier molecular flexibility index (Phi) is 6.25. The molecule has 0 atom stereocenters. The van der Waals surface area contributed by atoms with Gasteiger partial charge in [0.05, 0.1) is 16.4 Å². The quantitative estimate of drug-likeness (QED) is 0.225. The fourth-order valence-electron chi connectivity index (χ4n) is 3.13. The molecular weight excluding hydrogens is 450 g/mol. The maximum absolute atomic E-state index is 12.7. The van der Waals surface area contributed by atoms with Crippen molar-refractivity contribution < 1.29 is 14.5 Å². The number of nitro benzene ring substituents is 1. The number of carbonyl (C=O) groups excluding carboxylic acids is 2. The van der Waals surface area contributed by atoms with Gasteiger partial charge in [-0.15, -0.1) is 0 Å². The van der Waals surface area contributed by atoms with Gasteiger partial charge in [-0.05, 0) is 47.5 Å². The van der Waals surface area contributed by atoms with Crippen LogP contribution in [-0.2, 0) is 11.3 Å². The molecule has 0 spiro atoms. The van der Waals surface area contributed by atoms with E-state index in [0.29, 0.717) is 15.5 Å². The van der Waals surface area contributed by atoms with Gasteiger partial charge in [-0.3, -0.25) is 19.8 Å². The number of nitro groups is 1. The summed E-state index contributed by atoms with van der Waals surface area (Å²) in [5, 5.41) is 14.8. The van der Waals surface area contributed by atoms with Crippen LogP contribution in [-0.4, -0.2) is 21.8 Å². The highest BCUT2D eigenvalue weighted by atomic mass is 35.5. The molecule has 1 saturated heterocycles. The summed E-state index contributed by atoms with van der Waals surface area (Å²) in [5.74, 6) is -0.485. The van der Waals surface area contributed by atoms with Gasteiger partial charge in [-0.1, -0.05) is 59.8 Å². The minimum Gasteiger partial charge on any atom is -0.303 e. The SMILES string of the molecule is O=C1N/C(=C\c2ccc(Sc3ccc(Cl)cc3)c([N+](=O)[O-])c2)C(=O)N1Cc1ccccc1. The molecule has 3 amide bonds. The van der Waals surface area contributed by atoms with Gasteiger partial charge in [0.1, 0.15) is 5.70 Å². The number of rotatable bonds is 6. The Morgan fingerprint density at radius 1 is 1.03 bits per heavy atom. The number of halogens is 1. The second-order valence-electron chi connectivity index (χ2n) is 6.91. The minimum atomic E-state index is -0.533. The number of nitrogens with zero attached hydrogens (tertiary/aromatic N) is 2. The van der Waals surface area contributed by atoms with Gasteiger partial charge in [0.2, 0.25) is 0 Å². The molecule has 4 rings (SSSR count). The summed E-state index contributed by atoms with van der Waals surface area (Å²) >= 11 is 7.13. The Bertz CT molecular complexity index is 1230. The summed E-state index contributed by atoms with van der Waals surface area (Å²) in [4.78, 5) is 38.5. The highest BCUT2D eigenvalue weighted by Gasteiger charge is 2.33. The van der Waals surface area contributed by atoms with Gasteiger partial charge < -0.3 is 5.32 Å². The largest absolute Gasteiger partial charge is 0.329 e. The molecule has 0 unspecified atom stereocenters. The summed E-state index contributed by atoms with van der Waals surface area (Å²) in [6.07, 6.45) is 1.44. The third-order valence-electron chi connectivity index (χ3n) is 4.68. The van der Waals surface area contributed by atoms with Crippen molar-refractivity contribution in [3.63, 3.8) is 0 Å². The summed E-state index contributed by atoms with van der Waals surface area (Å²) in [7, 11) is 0. The third kappa shape index (κ3) is 4.82. The van der Waals surface area contributed by atoms with E-state index in [9.17, 15) is 19.7 Å². The lowest BCUT2D eigenvalue weighted by Gasteiger charge is -2.11. The van der Waals surface area contributed by atoms with Crippen molar-refractivity contribution in [3.8, 4) is 0 Å². The molecule has 0 radical (unpaired) electrons. The zero-order valence-corrected chi connectivity index (χ0v) is 18.1. The fourth-order valence-corrected chi connectivity index (χ4v) is 4.16. The molecule has 1 aliphatic heterocycles. The van der Waals surface area contributed by atoms with Crippen molar-refractivity contribution >= 4 is 47.1 Å². The van der Waals surface area contributed by atoms with Crippen LogP contribution in [0.1, 0.15) is 11.1 Å². The monoisotopic (exact) mass is 465 g/mol. The molecule has 3 aromatic carbocycles. The molecule has 32 heavy (non-hydrogen) atoms. The average Bonchev–Trinajstić information content (AvgIpc) is 3.04. The van der Waals surface area contributed by atoms with Crippen LogP contribution in [0.15, 0.2) is 88.3 Å². The number of benzene rings is 3. The van der Waals surface area contributed by atoms with Crippen LogP contribution >= 0.6 is 23.4 Å². The normalized spacial score (nSPS) is 14.7. The highest BCUT2D eigenvalue weighted by molar-refractivity contribution is 7.99. The minimum absolute atomic E-state index is 0.0679. The van der Waals surface area contributed by atoms with Crippen LogP contribution in [0.3, 0.4) is 0 Å². The van der Waals surface area contributed by atoms with E-state index < -0.39 is 16.9 Å². The van der Waals surface area contributed by atoms with Gasteiger partial charge >= 0.3 is 6.03 Å². The number of hydrogen-bond acceptors (Lipinski definition) is 5. The molecular formula is C23H16ClN3O4S. The summed E-state index contributed by atoms with van der Waals surface area (Å²) < 4.78 is 0. The predicted molar refractivity (Wildman–Crippen MR) is 122 cm³/mol. The zero-order valence-electron chi connectivity index (χ0n) is 16.5. The van der Waals surface area contributed by atoms with Crippen molar-refractivity contribution in [2.24, 2.45) is 0 Å². The maximum atomic E-state index is 12.7. The van der Waals surface area contributed by atoms with Gasteiger partial charge in [-0.25, -0.2) is 4.79 Å². The molecule has 1 aliphatic rings. The van der Waals surface area contributed by atoms with Crippen LogP contribution in [0, 0.1) is 10.1 Å². The van der Waals surface area contributed by atoms with E-state index in [0.717, 1.165) is 15.4 Å². The second-order valence-corrected chi connectivity index (χ2v) is 8.46. The Morgan fingerprint density at radius 2 is 1.75 bits per heavy atom. The van der Waals surface area contributed by atoms with Gasteiger partial charge in [0.25, 0.3) is 11.6 Å². The van der Waals surface area contributed by atoms with Crippen molar-refractivity contribution in [3.05, 3.63) is 105 Å². The number of urea groups is 1. The standard InChI is InChI=1S/C23H16ClN3O4S/c24-17-7-9-18(10-8-17)32-21-11-6-16(13-20(21)27(30)31)12-19-22(28)26(23(29)25-19)14-15-4-2-1-3-5-15/h1-13H,14H2,(H,25,29)/b19-12-. The van der Waals surface area contributed by atoms with E-state index in [1.165, 1.54) is 23.9 Å². The number of amides is 3. The van der Waals surface area contributed by atoms with E-state index in [4.69, 9.17) is 11.6 Å². The summed E-state index contributed by atoms with van der Waals surface area (Å²) in [5.41, 5.74) is 1.22. The second kappa shape index (κ2) is 9.25. The lowest BCUT2D eigenvalue weighted by Crippen LogP contribution is -2.30. The highest BCUT2D eigenvalue weighted by Crippen LogP contribution is 2.36. The smallest absolute Gasteiger partial charge is 0.303 e. The summed E-state index contributed by atoms with van der Waals surface area (Å²) in [6.45, 7) is 0.139. The van der Waals surface area contributed by atoms with Crippen LogP contribution in [0.4, 0.5) is 10.5 Å². The predicted octanol–water partition coefficient (Wildman–Crippen LogP) is 5.49. The summed E-state index contributed by atoms with van der Waals surface area (Å²) in [6, 6.07) is 20.3. The molecule has 3 aromatic rings. The Hall–Kier alpha value is -3.62. The van der Waals surface area contributed by atoms with E-state index in [-0.39, 0.29) is 17.9 Å². The van der Waals surface area contributed by atoms with Crippen LogP contribution < -0.4 is 5.32 Å². The van der Waals surface area contributed by atoms with E-state index >= 15 is 0 Å². The molecule has 1 N–H and O–H groups in total. The van der Waals surface area contributed by atoms with E-state index in [1.54, 1.807) is 36.4 Å². The third-order valence-corrected chi connectivity index (χ3v) is 6.00. The lowest BCUT2D eigenvalue weighted by molar-refractivity contribution is -0.387. The fraction of sp³-hybridized carbons (Fsp3) is 0.0435. The number of imide groups is 1. The first-order valence-corrected chi connectivity index (χ1v) is 10.7. The van der Waals surface area contributed by atoms with E-state index in [2.05, 4.69) is 5.32 Å². The molecule has 9 heteroatoms. The molecule has 7 nitrogen and oxygen atoms in total. The zero-order chi connectivity index (χ0) is 22.7. The first-order chi connectivity index (χ1) is 15.4. The van der Waals surface area contributed by atoms with Crippen LogP contribution in [0.25, 0.3) is 6.08 Å². The molecule has 0 saturated carbocycles.